The highest BCUT2D eigenvalue weighted by atomic mass is 16.4. The minimum Gasteiger partial charge on any atom is -0.481 e. The topological polar surface area (TPSA) is 78.4 Å². The van der Waals surface area contributed by atoms with Gasteiger partial charge in [-0.2, -0.15) is 0 Å². The summed E-state index contributed by atoms with van der Waals surface area (Å²) < 4.78 is 0. The van der Waals surface area contributed by atoms with Crippen molar-refractivity contribution in [1.82, 2.24) is 10.6 Å². The highest BCUT2D eigenvalue weighted by Gasteiger charge is 2.22. The lowest BCUT2D eigenvalue weighted by Crippen LogP contribution is -2.51. The molecule has 0 aliphatic rings. The summed E-state index contributed by atoms with van der Waals surface area (Å²) >= 11 is 0. The van der Waals surface area contributed by atoms with Crippen molar-refractivity contribution < 1.29 is 14.7 Å². The van der Waals surface area contributed by atoms with E-state index in [1.165, 1.54) is 0 Å². The molecule has 0 radical (unpaired) electrons. The number of aliphatic carboxylic acids is 1. The molecular weight excluding hydrogens is 220 g/mol. The van der Waals surface area contributed by atoms with Crippen molar-refractivity contribution in [2.75, 3.05) is 0 Å². The van der Waals surface area contributed by atoms with Gasteiger partial charge in [0.05, 0.1) is 12.0 Å². The van der Waals surface area contributed by atoms with Gasteiger partial charge in [0.1, 0.15) is 0 Å². The van der Waals surface area contributed by atoms with Crippen molar-refractivity contribution in [1.29, 1.82) is 0 Å². The van der Waals surface area contributed by atoms with Gasteiger partial charge in [-0.05, 0) is 19.8 Å². The Morgan fingerprint density at radius 3 is 2.29 bits per heavy atom. The minimum atomic E-state index is -0.944. The lowest BCUT2D eigenvalue weighted by molar-refractivity contribution is -0.137. The molecule has 0 saturated carbocycles. The molecule has 0 aromatic rings. The number of carboxylic acids is 1. The normalized spacial score (nSPS) is 12.7. The summed E-state index contributed by atoms with van der Waals surface area (Å²) in [6.45, 7) is 7.07. The van der Waals surface area contributed by atoms with E-state index in [4.69, 9.17) is 11.5 Å². The molecule has 0 aliphatic carbocycles. The van der Waals surface area contributed by atoms with Crippen LogP contribution in [0.2, 0.25) is 0 Å². The molecule has 0 heterocycles. The first-order chi connectivity index (χ1) is 7.68. The third-order valence-corrected chi connectivity index (χ3v) is 2.30. The van der Waals surface area contributed by atoms with Gasteiger partial charge >= 0.3 is 12.0 Å². The minimum absolute atomic E-state index is 0.0331. The Morgan fingerprint density at radius 1 is 1.41 bits per heavy atom. The van der Waals surface area contributed by atoms with E-state index in [1.54, 1.807) is 13.8 Å². The molecule has 3 N–H and O–H groups in total. The smallest absolute Gasteiger partial charge is 0.316 e. The number of nitrogens with one attached hydrogen (secondary N) is 2. The monoisotopic (exact) mass is 240 g/mol. The van der Waals surface area contributed by atoms with Crippen LogP contribution < -0.4 is 10.6 Å². The second-order valence-corrected chi connectivity index (χ2v) is 4.82. The molecule has 2 amide bonds. The lowest BCUT2D eigenvalue weighted by atomic mass is 10.0. The Kier molecular flexibility index (Phi) is 5.52. The number of carbonyl (C=O) groups excluding carboxylic acids is 1. The maximum Gasteiger partial charge on any atom is 0.316 e. The second kappa shape index (κ2) is 6.14. The number of hydrogen-bond donors (Lipinski definition) is 3. The Balaban J connectivity index is 4.43. The van der Waals surface area contributed by atoms with Crippen LogP contribution in [0.1, 0.15) is 34.1 Å². The number of urea groups is 1. The predicted molar refractivity (Wildman–Crippen MR) is 65.5 cm³/mol. The van der Waals surface area contributed by atoms with Gasteiger partial charge in [0, 0.05) is 6.04 Å². The number of terminal acetylenes is 1. The summed E-state index contributed by atoms with van der Waals surface area (Å²) in [7, 11) is 0. The largest absolute Gasteiger partial charge is 0.481 e. The fourth-order valence-corrected chi connectivity index (χ4v) is 1.17. The number of carbonyl (C=O) groups is 2. The SMILES string of the molecule is C#CC(C)(C)NC(=O)NC(CC(=O)O)C(C)C. The highest BCUT2D eigenvalue weighted by molar-refractivity contribution is 5.76. The summed E-state index contributed by atoms with van der Waals surface area (Å²) in [5.41, 5.74) is -0.755. The molecule has 5 heteroatoms. The van der Waals surface area contributed by atoms with Crippen LogP contribution in [0.3, 0.4) is 0 Å². The van der Waals surface area contributed by atoms with Gasteiger partial charge in [-0.3, -0.25) is 4.79 Å². The predicted octanol–water partition coefficient (Wildman–Crippen LogP) is 1.20. The van der Waals surface area contributed by atoms with Crippen LogP contribution in [0.25, 0.3) is 0 Å². The molecule has 0 saturated heterocycles. The van der Waals surface area contributed by atoms with E-state index in [0.29, 0.717) is 0 Å². The molecule has 1 atom stereocenters. The fraction of sp³-hybridized carbons (Fsp3) is 0.667. The van der Waals surface area contributed by atoms with Crippen LogP contribution >= 0.6 is 0 Å². The van der Waals surface area contributed by atoms with E-state index in [0.717, 1.165) is 0 Å². The molecule has 0 aliphatic heterocycles. The van der Waals surface area contributed by atoms with Crippen LogP contribution in [0.4, 0.5) is 4.79 Å². The van der Waals surface area contributed by atoms with Crippen molar-refractivity contribution in [3.63, 3.8) is 0 Å². The highest BCUT2D eigenvalue weighted by Crippen LogP contribution is 2.06. The zero-order valence-corrected chi connectivity index (χ0v) is 10.7. The molecule has 0 spiro atoms. The van der Waals surface area contributed by atoms with E-state index in [2.05, 4.69) is 16.6 Å². The Hall–Kier alpha value is -1.70. The second-order valence-electron chi connectivity index (χ2n) is 4.82. The van der Waals surface area contributed by atoms with E-state index in [1.807, 2.05) is 13.8 Å². The van der Waals surface area contributed by atoms with Crippen molar-refractivity contribution in [3.8, 4) is 12.3 Å². The number of rotatable bonds is 5. The maximum absolute atomic E-state index is 11.6. The van der Waals surface area contributed by atoms with Crippen LogP contribution in [-0.2, 0) is 4.79 Å². The van der Waals surface area contributed by atoms with E-state index < -0.39 is 23.6 Å². The fourth-order valence-electron chi connectivity index (χ4n) is 1.17. The molecule has 17 heavy (non-hydrogen) atoms. The first-order valence-electron chi connectivity index (χ1n) is 5.46. The molecule has 0 aromatic carbocycles. The average Bonchev–Trinajstić information content (AvgIpc) is 2.15. The summed E-state index contributed by atoms with van der Waals surface area (Å²) in [5.74, 6) is 1.52. The molecule has 1 unspecified atom stereocenters. The van der Waals surface area contributed by atoms with Gasteiger partial charge in [0.2, 0.25) is 0 Å². The van der Waals surface area contributed by atoms with Gasteiger partial charge < -0.3 is 15.7 Å². The summed E-state index contributed by atoms with van der Waals surface area (Å²) in [5, 5.41) is 13.9. The molecule has 0 rings (SSSR count). The number of amides is 2. The summed E-state index contributed by atoms with van der Waals surface area (Å²) in [4.78, 5) is 22.2. The molecule has 0 fully saturated rings. The lowest BCUT2D eigenvalue weighted by Gasteiger charge is -2.25. The molecular formula is C12H20N2O3. The zero-order chi connectivity index (χ0) is 13.6. The van der Waals surface area contributed by atoms with Crippen LogP contribution in [0, 0.1) is 18.3 Å². The van der Waals surface area contributed by atoms with Gasteiger partial charge in [0.25, 0.3) is 0 Å². The van der Waals surface area contributed by atoms with Gasteiger partial charge in [0.15, 0.2) is 0 Å². The van der Waals surface area contributed by atoms with Crippen molar-refractivity contribution in [3.05, 3.63) is 0 Å². The van der Waals surface area contributed by atoms with Gasteiger partial charge in [-0.25, -0.2) is 4.79 Å². The quantitative estimate of drug-likeness (QED) is 0.632. The van der Waals surface area contributed by atoms with Gasteiger partial charge in [-0.1, -0.05) is 19.8 Å². The van der Waals surface area contributed by atoms with Crippen molar-refractivity contribution in [2.45, 2.75) is 45.7 Å². The Labute approximate surface area is 102 Å². The summed E-state index contributed by atoms with van der Waals surface area (Å²) in [6.07, 6.45) is 5.13. The third-order valence-electron chi connectivity index (χ3n) is 2.30. The Bertz CT molecular complexity index is 329. The standard InChI is InChI=1S/C12H20N2O3/c1-6-12(4,5)14-11(17)13-9(8(2)3)7-10(15)16/h1,8-9H,7H2,2-5H3,(H,15,16)(H2,13,14,17). The van der Waals surface area contributed by atoms with E-state index in [9.17, 15) is 9.59 Å². The molecule has 0 bridgehead atoms. The van der Waals surface area contributed by atoms with Gasteiger partial charge in [-0.15, -0.1) is 6.42 Å². The van der Waals surface area contributed by atoms with Crippen LogP contribution in [0.15, 0.2) is 0 Å². The van der Waals surface area contributed by atoms with Crippen LogP contribution in [-0.4, -0.2) is 28.7 Å². The average molecular weight is 240 g/mol. The summed E-state index contributed by atoms with van der Waals surface area (Å²) in [6, 6.07) is -0.867. The Morgan fingerprint density at radius 2 is 1.94 bits per heavy atom. The van der Waals surface area contributed by atoms with E-state index in [-0.39, 0.29) is 12.3 Å². The molecule has 0 aromatic heterocycles. The van der Waals surface area contributed by atoms with Crippen LogP contribution in [0.5, 0.6) is 0 Å². The maximum atomic E-state index is 11.6. The first kappa shape index (κ1) is 15.3. The van der Waals surface area contributed by atoms with Crippen molar-refractivity contribution in [2.24, 2.45) is 5.92 Å². The number of hydrogen-bond acceptors (Lipinski definition) is 2. The number of carboxylic acid groups (broad SMARTS) is 1. The molecule has 96 valence electrons. The third kappa shape index (κ3) is 6.46. The van der Waals surface area contributed by atoms with E-state index >= 15 is 0 Å². The van der Waals surface area contributed by atoms with Crippen molar-refractivity contribution >= 4 is 12.0 Å². The molecule has 5 nitrogen and oxygen atoms in total. The first-order valence-corrected chi connectivity index (χ1v) is 5.46. The zero-order valence-electron chi connectivity index (χ0n) is 10.7.